The molecule has 0 saturated carbocycles. The van der Waals surface area contributed by atoms with Crippen LogP contribution in [0.2, 0.25) is 18.1 Å². The quantitative estimate of drug-likeness (QED) is 0.838. The van der Waals surface area contributed by atoms with Crippen LogP contribution in [-0.2, 0) is 0 Å². The Hall–Kier alpha value is -0.803. The Morgan fingerprint density at radius 3 is 2.58 bits per heavy atom. The molecule has 1 aliphatic heterocycles. The van der Waals surface area contributed by atoms with Gasteiger partial charge >= 0.3 is 0 Å². The first-order valence-electron chi connectivity index (χ1n) is 7.29. The summed E-state index contributed by atoms with van der Waals surface area (Å²) in [6, 6.07) is 8.72. The van der Waals surface area contributed by atoms with Gasteiger partial charge in [0.15, 0.2) is 0 Å². The van der Waals surface area contributed by atoms with E-state index in [1.807, 2.05) is 0 Å². The van der Waals surface area contributed by atoms with Crippen molar-refractivity contribution in [1.29, 1.82) is 0 Å². The van der Waals surface area contributed by atoms with Crippen LogP contribution in [0.3, 0.4) is 0 Å². The molecule has 0 radical (unpaired) electrons. The number of benzene rings is 1. The second-order valence-corrected chi connectivity index (χ2v) is 11.8. The fourth-order valence-electron chi connectivity index (χ4n) is 2.22. The minimum Gasteiger partial charge on any atom is -0.543 e. The third-order valence-corrected chi connectivity index (χ3v) is 8.93. The minimum atomic E-state index is -1.72. The molecule has 0 aliphatic carbocycles. The second kappa shape index (κ2) is 5.29. The molecule has 0 amide bonds. The van der Waals surface area contributed by atoms with Gasteiger partial charge in [0.1, 0.15) is 5.75 Å². The van der Waals surface area contributed by atoms with Crippen molar-refractivity contribution in [2.75, 3.05) is 13.1 Å². The van der Waals surface area contributed by atoms with Crippen molar-refractivity contribution in [2.24, 2.45) is 0 Å². The molecule has 3 heteroatoms. The summed E-state index contributed by atoms with van der Waals surface area (Å²) in [5, 5.41) is 3.68. The van der Waals surface area contributed by atoms with E-state index in [1.165, 1.54) is 12.0 Å². The highest BCUT2D eigenvalue weighted by molar-refractivity contribution is 6.74. The van der Waals surface area contributed by atoms with E-state index < -0.39 is 8.32 Å². The zero-order chi connectivity index (χ0) is 14.1. The van der Waals surface area contributed by atoms with Gasteiger partial charge in [-0.25, -0.2) is 0 Å². The molecule has 1 aromatic carbocycles. The Labute approximate surface area is 118 Å². The molecular formula is C16H27NOSi. The summed E-state index contributed by atoms with van der Waals surface area (Å²) in [5.74, 6) is 1.71. The standard InChI is InChI=1S/C16H27NOSi/c1-16(2,3)19(4,5)18-15-8-6-7-13(11-15)14-9-10-17-12-14/h6-8,11,14,17H,9-10,12H2,1-5H3. The minimum absolute atomic E-state index is 0.248. The van der Waals surface area contributed by atoms with Crippen molar-refractivity contribution in [3.8, 4) is 5.75 Å². The third-order valence-electron chi connectivity index (χ3n) is 4.57. The zero-order valence-electron chi connectivity index (χ0n) is 12.9. The first kappa shape index (κ1) is 14.6. The first-order valence-corrected chi connectivity index (χ1v) is 10.2. The molecule has 1 unspecified atom stereocenters. The Morgan fingerprint density at radius 1 is 1.26 bits per heavy atom. The predicted molar refractivity (Wildman–Crippen MR) is 84.5 cm³/mol. The average Bonchev–Trinajstić information content (AvgIpc) is 2.80. The summed E-state index contributed by atoms with van der Waals surface area (Å²) in [4.78, 5) is 0. The molecule has 0 spiro atoms. The normalized spacial score (nSPS) is 20.6. The van der Waals surface area contributed by atoms with Crippen molar-refractivity contribution < 1.29 is 4.43 Å². The fraction of sp³-hybridized carbons (Fsp3) is 0.625. The first-order chi connectivity index (χ1) is 8.79. The lowest BCUT2D eigenvalue weighted by molar-refractivity contribution is 0.491. The van der Waals surface area contributed by atoms with E-state index in [4.69, 9.17) is 4.43 Å². The molecule has 1 fully saturated rings. The second-order valence-electron chi connectivity index (χ2n) is 7.12. The van der Waals surface area contributed by atoms with E-state index in [0.29, 0.717) is 5.92 Å². The molecule has 0 bridgehead atoms. The van der Waals surface area contributed by atoms with Crippen LogP contribution >= 0.6 is 0 Å². The molecule has 1 heterocycles. The van der Waals surface area contributed by atoms with Gasteiger partial charge in [-0.1, -0.05) is 32.9 Å². The maximum absolute atomic E-state index is 6.38. The van der Waals surface area contributed by atoms with Crippen LogP contribution in [0.25, 0.3) is 0 Å². The maximum atomic E-state index is 6.38. The number of rotatable bonds is 3. The lowest BCUT2D eigenvalue weighted by Gasteiger charge is -2.36. The van der Waals surface area contributed by atoms with Gasteiger partial charge in [-0.05, 0) is 54.7 Å². The molecule has 1 N–H and O–H groups in total. The molecule has 1 atom stereocenters. The van der Waals surface area contributed by atoms with Gasteiger partial charge < -0.3 is 9.74 Å². The molecule has 2 nitrogen and oxygen atoms in total. The van der Waals surface area contributed by atoms with Crippen LogP contribution in [0.1, 0.15) is 38.7 Å². The smallest absolute Gasteiger partial charge is 0.250 e. The van der Waals surface area contributed by atoms with E-state index in [0.717, 1.165) is 18.8 Å². The Morgan fingerprint density at radius 2 is 2.00 bits per heavy atom. The summed E-state index contributed by atoms with van der Waals surface area (Å²) in [6.45, 7) is 13.7. The lowest BCUT2D eigenvalue weighted by Crippen LogP contribution is -2.43. The van der Waals surface area contributed by atoms with Crippen LogP contribution < -0.4 is 9.74 Å². The molecular weight excluding hydrogens is 250 g/mol. The maximum Gasteiger partial charge on any atom is 0.250 e. The van der Waals surface area contributed by atoms with Gasteiger partial charge in [0.05, 0.1) is 0 Å². The molecule has 0 aromatic heterocycles. The SMILES string of the molecule is CC(C)(C)[Si](C)(C)Oc1cccc(C2CCNC2)c1. The highest BCUT2D eigenvalue weighted by Gasteiger charge is 2.39. The molecule has 106 valence electrons. The number of nitrogens with one attached hydrogen (secondary N) is 1. The van der Waals surface area contributed by atoms with Crippen LogP contribution in [0.15, 0.2) is 24.3 Å². The molecule has 1 aliphatic rings. The largest absolute Gasteiger partial charge is 0.543 e. The number of hydrogen-bond acceptors (Lipinski definition) is 2. The van der Waals surface area contributed by atoms with Crippen molar-refractivity contribution in [2.45, 2.75) is 51.2 Å². The van der Waals surface area contributed by atoms with Crippen molar-refractivity contribution in [3.05, 3.63) is 29.8 Å². The van der Waals surface area contributed by atoms with Gasteiger partial charge in [-0.2, -0.15) is 0 Å². The fourth-order valence-corrected chi connectivity index (χ4v) is 3.24. The van der Waals surface area contributed by atoms with E-state index >= 15 is 0 Å². The predicted octanol–water partition coefficient (Wildman–Crippen LogP) is 4.15. The van der Waals surface area contributed by atoms with E-state index in [1.54, 1.807) is 0 Å². The monoisotopic (exact) mass is 277 g/mol. The average molecular weight is 277 g/mol. The summed E-state index contributed by atoms with van der Waals surface area (Å²) >= 11 is 0. The molecule has 2 rings (SSSR count). The summed E-state index contributed by atoms with van der Waals surface area (Å²) < 4.78 is 6.38. The van der Waals surface area contributed by atoms with E-state index in [2.05, 4.69) is 63.4 Å². The molecule has 19 heavy (non-hydrogen) atoms. The Balaban J connectivity index is 2.15. The van der Waals surface area contributed by atoms with E-state index in [-0.39, 0.29) is 5.04 Å². The highest BCUT2D eigenvalue weighted by Crippen LogP contribution is 2.38. The van der Waals surface area contributed by atoms with Gasteiger partial charge in [-0.3, -0.25) is 0 Å². The van der Waals surface area contributed by atoms with Gasteiger partial charge in [0.25, 0.3) is 0 Å². The summed E-state index contributed by atoms with van der Waals surface area (Å²) in [5.41, 5.74) is 1.42. The van der Waals surface area contributed by atoms with Crippen LogP contribution in [0, 0.1) is 0 Å². The Kier molecular flexibility index (Phi) is 4.07. The zero-order valence-corrected chi connectivity index (χ0v) is 13.9. The van der Waals surface area contributed by atoms with Crippen LogP contribution in [0.5, 0.6) is 5.75 Å². The molecule has 1 aromatic rings. The lowest BCUT2D eigenvalue weighted by atomic mass is 9.98. The third kappa shape index (κ3) is 3.40. The van der Waals surface area contributed by atoms with Crippen molar-refractivity contribution in [1.82, 2.24) is 5.32 Å². The summed E-state index contributed by atoms with van der Waals surface area (Å²) in [7, 11) is -1.72. The number of hydrogen-bond donors (Lipinski definition) is 1. The highest BCUT2D eigenvalue weighted by atomic mass is 28.4. The van der Waals surface area contributed by atoms with Gasteiger partial charge in [0.2, 0.25) is 8.32 Å². The van der Waals surface area contributed by atoms with Gasteiger partial charge in [0, 0.05) is 6.54 Å². The van der Waals surface area contributed by atoms with Crippen molar-refractivity contribution >= 4 is 8.32 Å². The van der Waals surface area contributed by atoms with Gasteiger partial charge in [-0.15, -0.1) is 0 Å². The Bertz CT molecular complexity index is 431. The van der Waals surface area contributed by atoms with Crippen molar-refractivity contribution in [3.63, 3.8) is 0 Å². The van der Waals surface area contributed by atoms with E-state index in [9.17, 15) is 0 Å². The topological polar surface area (TPSA) is 21.3 Å². The van der Waals surface area contributed by atoms with Crippen LogP contribution in [0.4, 0.5) is 0 Å². The molecule has 1 saturated heterocycles. The summed E-state index contributed by atoms with van der Waals surface area (Å²) in [6.07, 6.45) is 1.24. The van der Waals surface area contributed by atoms with Crippen LogP contribution in [-0.4, -0.2) is 21.4 Å².